The number of carbonyl (C=O) groups is 1. The summed E-state index contributed by atoms with van der Waals surface area (Å²) in [6.45, 7) is 0. The van der Waals surface area contributed by atoms with E-state index in [2.05, 4.69) is 32.9 Å². The van der Waals surface area contributed by atoms with Gasteiger partial charge in [-0.2, -0.15) is 0 Å². The summed E-state index contributed by atoms with van der Waals surface area (Å²) in [5.74, 6) is -0.606. The van der Waals surface area contributed by atoms with Gasteiger partial charge < -0.3 is 5.32 Å². The van der Waals surface area contributed by atoms with Gasteiger partial charge in [0.05, 0.1) is 10.6 Å². The number of halogens is 2. The van der Waals surface area contributed by atoms with E-state index in [1.54, 1.807) is 12.1 Å². The van der Waals surface area contributed by atoms with Crippen molar-refractivity contribution in [1.82, 2.24) is 4.98 Å². The van der Waals surface area contributed by atoms with Crippen LogP contribution in [0.3, 0.4) is 0 Å². The van der Waals surface area contributed by atoms with Gasteiger partial charge in [-0.05, 0) is 40.8 Å². The highest BCUT2D eigenvalue weighted by atomic mass is 127. The average Bonchev–Trinajstić information content (AvgIpc) is 2.40. The molecule has 0 aliphatic rings. The molecule has 0 atom stereocenters. The van der Waals surface area contributed by atoms with Crippen molar-refractivity contribution in [3.05, 3.63) is 60.9 Å². The number of nitrogens with zero attached hydrogens (tertiary/aromatic N) is 2. The molecule has 0 unspecified atom stereocenters. The van der Waals surface area contributed by atoms with Crippen molar-refractivity contribution in [2.24, 2.45) is 0 Å². The van der Waals surface area contributed by atoms with Crippen molar-refractivity contribution >= 4 is 51.5 Å². The topological polar surface area (TPSA) is 85.1 Å². The van der Waals surface area contributed by atoms with Gasteiger partial charge in [0.1, 0.15) is 16.9 Å². The lowest BCUT2D eigenvalue weighted by Crippen LogP contribution is -2.15. The minimum absolute atomic E-state index is 0.0171. The third-order valence-electron chi connectivity index (χ3n) is 2.41. The van der Waals surface area contributed by atoms with Crippen LogP contribution in [-0.4, -0.2) is 15.8 Å². The normalized spacial score (nSPS) is 10.1. The van der Waals surface area contributed by atoms with E-state index in [-0.39, 0.29) is 10.7 Å². The highest BCUT2D eigenvalue weighted by molar-refractivity contribution is 14.1. The number of hydrogen-bond acceptors (Lipinski definition) is 4. The van der Waals surface area contributed by atoms with Crippen LogP contribution in [0.25, 0.3) is 0 Å². The Kier molecular flexibility index (Phi) is 4.50. The fourth-order valence-electron chi connectivity index (χ4n) is 1.50. The summed E-state index contributed by atoms with van der Waals surface area (Å²) in [5, 5.41) is 13.5. The van der Waals surface area contributed by atoms with Crippen LogP contribution in [0.15, 0.2) is 36.5 Å². The number of hydrogen-bond donors (Lipinski definition) is 1. The fraction of sp³-hybridized carbons (Fsp3) is 0. The van der Waals surface area contributed by atoms with Crippen LogP contribution in [0.5, 0.6) is 0 Å². The van der Waals surface area contributed by atoms with Crippen LogP contribution in [0, 0.1) is 13.7 Å². The monoisotopic (exact) mass is 403 g/mol. The summed E-state index contributed by atoms with van der Waals surface area (Å²) >= 11 is 7.74. The summed E-state index contributed by atoms with van der Waals surface area (Å²) in [6.07, 6.45) is 0.965. The van der Waals surface area contributed by atoms with Crippen molar-refractivity contribution in [2.75, 3.05) is 5.32 Å². The van der Waals surface area contributed by atoms with Crippen LogP contribution < -0.4 is 5.32 Å². The van der Waals surface area contributed by atoms with Crippen LogP contribution >= 0.6 is 34.2 Å². The van der Waals surface area contributed by atoms with E-state index in [1.807, 2.05) is 12.1 Å². The zero-order chi connectivity index (χ0) is 14.7. The molecule has 8 heteroatoms. The first-order chi connectivity index (χ1) is 9.49. The molecular weight excluding hydrogens is 397 g/mol. The first-order valence-corrected chi connectivity index (χ1v) is 6.80. The molecular formula is C12H7ClIN3O3. The van der Waals surface area contributed by atoms with Crippen molar-refractivity contribution in [1.29, 1.82) is 0 Å². The zero-order valence-corrected chi connectivity index (χ0v) is 12.8. The number of amides is 1. The number of anilines is 1. The molecule has 2 rings (SSSR count). The quantitative estimate of drug-likeness (QED) is 0.368. The lowest BCUT2D eigenvalue weighted by atomic mass is 10.2. The largest absolute Gasteiger partial charge is 0.321 e. The lowest BCUT2D eigenvalue weighted by Gasteiger charge is -2.07. The third-order valence-corrected chi connectivity index (χ3v) is 3.56. The summed E-state index contributed by atoms with van der Waals surface area (Å²) in [4.78, 5) is 26.0. The van der Waals surface area contributed by atoms with Gasteiger partial charge in [0.2, 0.25) is 0 Å². The molecule has 0 bridgehead atoms. The van der Waals surface area contributed by atoms with Gasteiger partial charge in [-0.25, -0.2) is 4.98 Å². The van der Waals surface area contributed by atoms with Gasteiger partial charge in [-0.3, -0.25) is 14.9 Å². The van der Waals surface area contributed by atoms with Crippen molar-refractivity contribution in [3.63, 3.8) is 0 Å². The Morgan fingerprint density at radius 2 is 2.10 bits per heavy atom. The Bertz CT molecular complexity index is 693. The number of benzene rings is 1. The van der Waals surface area contributed by atoms with E-state index in [1.165, 1.54) is 6.07 Å². The maximum absolute atomic E-state index is 12.1. The highest BCUT2D eigenvalue weighted by Crippen LogP contribution is 2.23. The van der Waals surface area contributed by atoms with E-state index in [9.17, 15) is 14.9 Å². The molecule has 1 aromatic carbocycles. The van der Waals surface area contributed by atoms with Gasteiger partial charge >= 0.3 is 0 Å². The molecule has 1 N–H and O–H groups in total. The van der Waals surface area contributed by atoms with Gasteiger partial charge in [0, 0.05) is 3.57 Å². The van der Waals surface area contributed by atoms with Gasteiger partial charge in [-0.1, -0.05) is 23.7 Å². The van der Waals surface area contributed by atoms with E-state index >= 15 is 0 Å². The van der Waals surface area contributed by atoms with E-state index in [0.29, 0.717) is 5.69 Å². The minimum Gasteiger partial charge on any atom is -0.321 e. The molecule has 1 heterocycles. The van der Waals surface area contributed by atoms with Crippen LogP contribution in [0.2, 0.25) is 5.15 Å². The first-order valence-electron chi connectivity index (χ1n) is 5.35. The second kappa shape index (κ2) is 6.14. The number of rotatable bonds is 3. The van der Waals surface area contributed by atoms with Crippen LogP contribution in [-0.2, 0) is 0 Å². The highest BCUT2D eigenvalue weighted by Gasteiger charge is 2.21. The smallest absolute Gasteiger partial charge is 0.300 e. The fourth-order valence-corrected chi connectivity index (χ4v) is 2.18. The predicted octanol–water partition coefficient (Wildman–Crippen LogP) is 3.50. The molecule has 2 aromatic rings. The maximum atomic E-state index is 12.1. The molecule has 0 saturated carbocycles. The van der Waals surface area contributed by atoms with E-state index in [0.717, 1.165) is 9.77 Å². The molecule has 0 radical (unpaired) electrons. The number of aromatic nitrogens is 1. The third kappa shape index (κ3) is 3.23. The Hall–Kier alpha value is -1.74. The predicted molar refractivity (Wildman–Crippen MR) is 83.0 cm³/mol. The first kappa shape index (κ1) is 14.7. The van der Waals surface area contributed by atoms with Crippen molar-refractivity contribution in [3.8, 4) is 0 Å². The summed E-state index contributed by atoms with van der Waals surface area (Å²) in [6, 6.07) is 8.26. The number of nitrogens with one attached hydrogen (secondary N) is 1. The van der Waals surface area contributed by atoms with Gasteiger partial charge in [0.25, 0.3) is 11.6 Å². The second-order valence-corrected chi connectivity index (χ2v) is 5.26. The summed E-state index contributed by atoms with van der Waals surface area (Å²) in [7, 11) is 0. The number of pyridine rings is 1. The molecule has 0 aliphatic heterocycles. The Labute approximate surface area is 132 Å². The zero-order valence-electron chi connectivity index (χ0n) is 9.84. The molecule has 0 spiro atoms. The number of nitro groups is 1. The van der Waals surface area contributed by atoms with E-state index < -0.39 is 16.5 Å². The van der Waals surface area contributed by atoms with Gasteiger partial charge in [-0.15, -0.1) is 0 Å². The second-order valence-electron chi connectivity index (χ2n) is 3.72. The Morgan fingerprint density at radius 3 is 2.75 bits per heavy atom. The number of para-hydroxylation sites is 1. The SMILES string of the molecule is O=C(Nc1ccccc1I)c1cc(Cl)ncc1[N+](=O)[O-]. The lowest BCUT2D eigenvalue weighted by molar-refractivity contribution is -0.385. The van der Waals surface area contributed by atoms with Crippen molar-refractivity contribution < 1.29 is 9.72 Å². The molecule has 20 heavy (non-hydrogen) atoms. The van der Waals surface area contributed by atoms with Crippen molar-refractivity contribution in [2.45, 2.75) is 0 Å². The van der Waals surface area contributed by atoms with Crippen LogP contribution in [0.1, 0.15) is 10.4 Å². The number of carbonyl (C=O) groups excluding carboxylic acids is 1. The maximum Gasteiger partial charge on any atom is 0.300 e. The molecule has 0 fully saturated rings. The molecule has 6 nitrogen and oxygen atoms in total. The van der Waals surface area contributed by atoms with E-state index in [4.69, 9.17) is 11.6 Å². The van der Waals surface area contributed by atoms with Gasteiger partial charge in [0.15, 0.2) is 0 Å². The molecule has 0 aliphatic carbocycles. The standard InChI is InChI=1S/C12H7ClIN3O3/c13-11-5-7(10(6-15-11)17(19)20)12(18)16-9-4-2-1-3-8(9)14/h1-6H,(H,16,18). The summed E-state index contributed by atoms with van der Waals surface area (Å²) in [5.41, 5.74) is 0.0489. The Balaban J connectivity index is 2.37. The minimum atomic E-state index is -0.672. The molecule has 1 aromatic heterocycles. The molecule has 102 valence electrons. The van der Waals surface area contributed by atoms with Crippen LogP contribution in [0.4, 0.5) is 11.4 Å². The molecule has 1 amide bonds. The summed E-state index contributed by atoms with van der Waals surface area (Å²) < 4.78 is 0.821. The Morgan fingerprint density at radius 1 is 1.40 bits per heavy atom. The molecule has 0 saturated heterocycles. The average molecular weight is 404 g/mol.